The van der Waals surface area contributed by atoms with Crippen molar-refractivity contribution < 1.29 is 19.1 Å². The van der Waals surface area contributed by atoms with Gasteiger partial charge in [0.1, 0.15) is 11.5 Å². The minimum atomic E-state index is -1.11. The Morgan fingerprint density at radius 3 is 2.50 bits per heavy atom. The number of anilines is 1. The molecule has 102 valence electrons. The molecule has 1 aromatic carbocycles. The van der Waals surface area contributed by atoms with E-state index in [2.05, 4.69) is 10.3 Å². The van der Waals surface area contributed by atoms with E-state index in [9.17, 15) is 14.0 Å². The number of halogens is 1. The summed E-state index contributed by atoms with van der Waals surface area (Å²) in [6.45, 7) is 1.49. The molecule has 2 N–H and O–H groups in total. The number of aromatic carboxylic acids is 1. The first-order valence-corrected chi connectivity index (χ1v) is 5.76. The molecule has 0 unspecified atom stereocenters. The molecule has 5 nitrogen and oxygen atoms in total. The number of hydrogen-bond donors (Lipinski definition) is 2. The van der Waals surface area contributed by atoms with Gasteiger partial charge in [-0.15, -0.1) is 0 Å². The molecule has 2 aromatic rings. The van der Waals surface area contributed by atoms with Crippen LogP contribution in [0.4, 0.5) is 10.1 Å². The van der Waals surface area contributed by atoms with Crippen molar-refractivity contribution in [3.05, 3.63) is 59.2 Å². The molecule has 1 aromatic heterocycles. The van der Waals surface area contributed by atoms with E-state index in [1.807, 2.05) is 0 Å². The molecule has 6 heteroatoms. The Bertz CT molecular complexity index is 686. The number of para-hydroxylation sites is 1. The lowest BCUT2D eigenvalue weighted by molar-refractivity contribution is 0.0695. The second-order valence-electron chi connectivity index (χ2n) is 4.07. The third kappa shape index (κ3) is 2.80. The first-order chi connectivity index (χ1) is 9.49. The molecule has 0 fully saturated rings. The topological polar surface area (TPSA) is 79.3 Å². The van der Waals surface area contributed by atoms with Gasteiger partial charge in [-0.2, -0.15) is 0 Å². The van der Waals surface area contributed by atoms with Crippen LogP contribution in [-0.4, -0.2) is 22.0 Å². The average Bonchev–Trinajstić information content (AvgIpc) is 2.40. The summed E-state index contributed by atoms with van der Waals surface area (Å²) in [5.74, 6) is -2.27. The van der Waals surface area contributed by atoms with Crippen molar-refractivity contribution >= 4 is 17.6 Å². The lowest BCUT2D eigenvalue weighted by Crippen LogP contribution is -2.16. The van der Waals surface area contributed by atoms with Crippen molar-refractivity contribution in [3.63, 3.8) is 0 Å². The van der Waals surface area contributed by atoms with E-state index in [-0.39, 0.29) is 22.6 Å². The summed E-state index contributed by atoms with van der Waals surface area (Å²) in [5, 5.41) is 11.3. The third-order valence-electron chi connectivity index (χ3n) is 2.67. The normalized spacial score (nSPS) is 10.1. The van der Waals surface area contributed by atoms with Gasteiger partial charge in [-0.25, -0.2) is 14.2 Å². The molecule has 0 radical (unpaired) electrons. The summed E-state index contributed by atoms with van der Waals surface area (Å²) >= 11 is 0. The van der Waals surface area contributed by atoms with Gasteiger partial charge in [0.2, 0.25) is 0 Å². The van der Waals surface area contributed by atoms with Crippen molar-refractivity contribution in [1.29, 1.82) is 0 Å². The standard InChI is InChI=1S/C14H11FN2O3/c1-8-9(14(19)20)6-7-12(16-8)13(18)17-11-5-3-2-4-10(11)15/h2-7H,1H3,(H,17,18)(H,19,20). The maximum Gasteiger partial charge on any atom is 0.337 e. The first-order valence-electron chi connectivity index (χ1n) is 5.76. The molecule has 0 aliphatic carbocycles. The van der Waals surface area contributed by atoms with Gasteiger partial charge in [0.15, 0.2) is 0 Å². The number of aromatic nitrogens is 1. The minimum Gasteiger partial charge on any atom is -0.478 e. The van der Waals surface area contributed by atoms with E-state index in [4.69, 9.17) is 5.11 Å². The smallest absolute Gasteiger partial charge is 0.337 e. The number of carboxylic acids is 1. The SMILES string of the molecule is Cc1nc(C(=O)Nc2ccccc2F)ccc1C(=O)O. The number of aryl methyl sites for hydroxylation is 1. The summed E-state index contributed by atoms with van der Waals surface area (Å²) in [4.78, 5) is 26.7. The Balaban J connectivity index is 2.24. The number of carbonyl (C=O) groups excluding carboxylic acids is 1. The van der Waals surface area contributed by atoms with Gasteiger partial charge in [0.05, 0.1) is 16.9 Å². The highest BCUT2D eigenvalue weighted by molar-refractivity contribution is 6.03. The lowest BCUT2D eigenvalue weighted by atomic mass is 10.2. The van der Waals surface area contributed by atoms with Crippen LogP contribution < -0.4 is 5.32 Å². The summed E-state index contributed by atoms with van der Waals surface area (Å²) in [7, 11) is 0. The number of nitrogens with one attached hydrogen (secondary N) is 1. The van der Waals surface area contributed by atoms with Gasteiger partial charge in [-0.1, -0.05) is 12.1 Å². The molecule has 1 amide bonds. The number of rotatable bonds is 3. The number of carbonyl (C=O) groups is 2. The van der Waals surface area contributed by atoms with Gasteiger partial charge in [-0.3, -0.25) is 4.79 Å². The molecule has 0 saturated heterocycles. The fraction of sp³-hybridized carbons (Fsp3) is 0.0714. The number of hydrogen-bond acceptors (Lipinski definition) is 3. The van der Waals surface area contributed by atoms with Crippen molar-refractivity contribution in [3.8, 4) is 0 Å². The fourth-order valence-corrected chi connectivity index (χ4v) is 1.66. The molecular formula is C14H11FN2O3. The number of benzene rings is 1. The fourth-order valence-electron chi connectivity index (χ4n) is 1.66. The molecular weight excluding hydrogens is 263 g/mol. The quantitative estimate of drug-likeness (QED) is 0.901. The predicted octanol–water partition coefficient (Wildman–Crippen LogP) is 2.48. The van der Waals surface area contributed by atoms with E-state index in [1.165, 1.54) is 37.3 Å². The molecule has 0 saturated carbocycles. The second kappa shape index (κ2) is 5.48. The Morgan fingerprint density at radius 1 is 1.20 bits per heavy atom. The van der Waals surface area contributed by atoms with Crippen LogP contribution in [0.1, 0.15) is 26.5 Å². The van der Waals surface area contributed by atoms with E-state index < -0.39 is 17.7 Å². The summed E-state index contributed by atoms with van der Waals surface area (Å²) in [6.07, 6.45) is 0. The number of pyridine rings is 1. The molecule has 0 bridgehead atoms. The zero-order chi connectivity index (χ0) is 14.7. The summed E-state index contributed by atoms with van der Waals surface area (Å²) in [5.41, 5.74) is 0.307. The van der Waals surface area contributed by atoms with Crippen LogP contribution in [0.15, 0.2) is 36.4 Å². The zero-order valence-electron chi connectivity index (χ0n) is 10.6. The van der Waals surface area contributed by atoms with Crippen molar-refractivity contribution in [2.75, 3.05) is 5.32 Å². The van der Waals surface area contributed by atoms with E-state index in [0.717, 1.165) is 0 Å². The van der Waals surface area contributed by atoms with Crippen LogP contribution >= 0.6 is 0 Å². The molecule has 1 heterocycles. The summed E-state index contributed by atoms with van der Waals surface area (Å²) in [6, 6.07) is 8.32. The number of carboxylic acid groups (broad SMARTS) is 1. The van der Waals surface area contributed by atoms with Crippen LogP contribution in [-0.2, 0) is 0 Å². The van der Waals surface area contributed by atoms with Crippen molar-refractivity contribution in [2.24, 2.45) is 0 Å². The minimum absolute atomic E-state index is 0.0208. The lowest BCUT2D eigenvalue weighted by Gasteiger charge is -2.07. The highest BCUT2D eigenvalue weighted by Crippen LogP contribution is 2.14. The average molecular weight is 274 g/mol. The van der Waals surface area contributed by atoms with E-state index in [0.29, 0.717) is 0 Å². The predicted molar refractivity (Wildman–Crippen MR) is 70.3 cm³/mol. The van der Waals surface area contributed by atoms with E-state index >= 15 is 0 Å². The van der Waals surface area contributed by atoms with E-state index in [1.54, 1.807) is 6.07 Å². The van der Waals surface area contributed by atoms with Gasteiger partial charge >= 0.3 is 5.97 Å². The van der Waals surface area contributed by atoms with Crippen LogP contribution in [0.3, 0.4) is 0 Å². The Hall–Kier alpha value is -2.76. The number of nitrogens with zero attached hydrogens (tertiary/aromatic N) is 1. The summed E-state index contributed by atoms with van der Waals surface area (Å²) < 4.78 is 13.4. The molecule has 0 spiro atoms. The van der Waals surface area contributed by atoms with Gasteiger partial charge in [0, 0.05) is 0 Å². The zero-order valence-corrected chi connectivity index (χ0v) is 10.6. The van der Waals surface area contributed by atoms with Crippen LogP contribution in [0.25, 0.3) is 0 Å². The highest BCUT2D eigenvalue weighted by atomic mass is 19.1. The van der Waals surface area contributed by atoms with Crippen LogP contribution in [0.2, 0.25) is 0 Å². The van der Waals surface area contributed by atoms with Gasteiger partial charge < -0.3 is 10.4 Å². The Kier molecular flexibility index (Phi) is 3.74. The molecule has 20 heavy (non-hydrogen) atoms. The molecule has 0 aliphatic rings. The monoisotopic (exact) mass is 274 g/mol. The largest absolute Gasteiger partial charge is 0.478 e. The van der Waals surface area contributed by atoms with Gasteiger partial charge in [-0.05, 0) is 31.2 Å². The van der Waals surface area contributed by atoms with Crippen molar-refractivity contribution in [2.45, 2.75) is 6.92 Å². The third-order valence-corrected chi connectivity index (χ3v) is 2.67. The highest BCUT2D eigenvalue weighted by Gasteiger charge is 2.14. The first kappa shape index (κ1) is 13.7. The molecule has 2 rings (SSSR count). The Labute approximate surface area is 114 Å². The van der Waals surface area contributed by atoms with Crippen LogP contribution in [0, 0.1) is 12.7 Å². The maximum absolute atomic E-state index is 13.4. The Morgan fingerprint density at radius 2 is 1.90 bits per heavy atom. The van der Waals surface area contributed by atoms with Crippen molar-refractivity contribution in [1.82, 2.24) is 4.98 Å². The maximum atomic E-state index is 13.4. The second-order valence-corrected chi connectivity index (χ2v) is 4.07. The van der Waals surface area contributed by atoms with Crippen LogP contribution in [0.5, 0.6) is 0 Å². The molecule has 0 aliphatic heterocycles. The molecule has 0 atom stereocenters. The number of amides is 1. The van der Waals surface area contributed by atoms with Gasteiger partial charge in [0.25, 0.3) is 5.91 Å².